The molecule has 0 aliphatic rings. The van der Waals surface area contributed by atoms with Crippen molar-refractivity contribution in [3.63, 3.8) is 0 Å². The van der Waals surface area contributed by atoms with Crippen LogP contribution in [-0.2, 0) is 0 Å². The quantitative estimate of drug-likeness (QED) is 0.153. The molecule has 0 saturated heterocycles. The van der Waals surface area contributed by atoms with Crippen LogP contribution in [0, 0.1) is 27.7 Å². The topological polar surface area (TPSA) is 0 Å². The van der Waals surface area contributed by atoms with Crippen molar-refractivity contribution in [2.24, 2.45) is 0 Å². The molecule has 7 aromatic carbocycles. The van der Waals surface area contributed by atoms with Gasteiger partial charge in [-0.15, -0.1) is 0 Å². The highest BCUT2D eigenvalue weighted by atomic mass is 79.9. The zero-order chi connectivity index (χ0) is 29.4. The van der Waals surface area contributed by atoms with Gasteiger partial charge in [-0.25, -0.2) is 0 Å². The van der Waals surface area contributed by atoms with Gasteiger partial charge in [0.05, 0.1) is 0 Å². The molecule has 42 heavy (non-hydrogen) atoms. The molecule has 0 amide bonds. The zero-order valence-electron chi connectivity index (χ0n) is 23.6. The van der Waals surface area contributed by atoms with Crippen LogP contribution < -0.4 is 0 Å². The molecule has 0 heterocycles. The molecule has 0 bridgehead atoms. The van der Waals surface area contributed by atoms with E-state index in [1.165, 1.54) is 65.3 Å². The average Bonchev–Trinajstić information content (AvgIpc) is 2.93. The molecule has 0 aliphatic heterocycles. The van der Waals surface area contributed by atoms with Crippen molar-refractivity contribution in [3.8, 4) is 22.3 Å². The number of fused-ring (bicyclic) bond motifs is 4. The Morgan fingerprint density at radius 2 is 0.476 bits per heavy atom. The second-order valence-corrected chi connectivity index (χ2v) is 14.9. The predicted molar refractivity (Wildman–Crippen MR) is 197 cm³/mol. The first-order valence-electron chi connectivity index (χ1n) is 13.8. The molecule has 7 rings (SSSR count). The highest BCUT2D eigenvalue weighted by Gasteiger charge is 2.16. The minimum absolute atomic E-state index is 1.05. The predicted octanol–water partition coefficient (Wildman–Crippen LogP) is 13.9. The van der Waals surface area contributed by atoms with Gasteiger partial charge in [0.2, 0.25) is 0 Å². The number of benzene rings is 7. The van der Waals surface area contributed by atoms with Crippen molar-refractivity contribution in [3.05, 3.63) is 125 Å². The van der Waals surface area contributed by atoms with Crippen molar-refractivity contribution in [2.75, 3.05) is 0 Å². The van der Waals surface area contributed by atoms with E-state index in [-0.39, 0.29) is 0 Å². The van der Waals surface area contributed by atoms with Crippen molar-refractivity contribution in [1.82, 2.24) is 0 Å². The lowest BCUT2D eigenvalue weighted by molar-refractivity contribution is 1.37. The summed E-state index contributed by atoms with van der Waals surface area (Å²) in [6, 6.07) is 31.9. The Morgan fingerprint density at radius 3 is 0.786 bits per heavy atom. The third kappa shape index (κ3) is 4.85. The largest absolute Gasteiger partial charge is 0.0512 e. The summed E-state index contributed by atoms with van der Waals surface area (Å²) in [7, 11) is 0. The first kappa shape index (κ1) is 28.3. The van der Waals surface area contributed by atoms with E-state index in [0.29, 0.717) is 0 Å². The number of aryl methyl sites for hydroxylation is 4. The summed E-state index contributed by atoms with van der Waals surface area (Å²) >= 11 is 15.7. The summed E-state index contributed by atoms with van der Waals surface area (Å²) in [5.74, 6) is 0. The molecule has 0 spiro atoms. The van der Waals surface area contributed by atoms with Crippen LogP contribution in [0.4, 0.5) is 0 Å². The van der Waals surface area contributed by atoms with E-state index in [2.05, 4.69) is 176 Å². The Bertz CT molecular complexity index is 2120. The van der Waals surface area contributed by atoms with E-state index in [4.69, 9.17) is 0 Å². The van der Waals surface area contributed by atoms with E-state index in [1.807, 2.05) is 0 Å². The maximum Gasteiger partial charge on any atom is 0.0261 e. The van der Waals surface area contributed by atoms with Gasteiger partial charge < -0.3 is 0 Å². The molecule has 0 fully saturated rings. The molecule has 0 nitrogen and oxygen atoms in total. The first-order valence-corrected chi connectivity index (χ1v) is 17.0. The Labute approximate surface area is 279 Å². The third-order valence-electron chi connectivity index (χ3n) is 8.63. The Morgan fingerprint density at radius 1 is 0.262 bits per heavy atom. The second kappa shape index (κ2) is 10.6. The molecule has 0 aliphatic carbocycles. The van der Waals surface area contributed by atoms with Crippen LogP contribution in [0.25, 0.3) is 65.3 Å². The van der Waals surface area contributed by atoms with Crippen LogP contribution >= 0.6 is 63.7 Å². The summed E-state index contributed by atoms with van der Waals surface area (Å²) in [6.07, 6.45) is 0. The van der Waals surface area contributed by atoms with E-state index >= 15 is 0 Å². The van der Waals surface area contributed by atoms with Gasteiger partial charge in [-0.1, -0.05) is 88.0 Å². The highest BCUT2D eigenvalue weighted by Crippen LogP contribution is 2.44. The third-order valence-corrected chi connectivity index (χ3v) is 11.2. The molecular weight excluding hydrogens is 776 g/mol. The van der Waals surface area contributed by atoms with Gasteiger partial charge in [0.25, 0.3) is 0 Å². The Balaban J connectivity index is 1.35. The summed E-state index contributed by atoms with van der Waals surface area (Å²) in [4.78, 5) is 0. The fourth-order valence-electron chi connectivity index (χ4n) is 5.98. The monoisotopic (exact) mass is 798 g/mol. The van der Waals surface area contributed by atoms with Crippen LogP contribution in [0.3, 0.4) is 0 Å². The van der Waals surface area contributed by atoms with E-state index in [9.17, 15) is 0 Å². The standard InChI is InChI=1S/C38H26Br4/c1-19-5-23-9-27-13-31(35(39)15-29(27)11-25(23)7-21(19)3)33-17-38(42)34(18-37(33)41)32-14-28-10-24-6-20(2)22(4)8-26(24)12-30(28)16-36(32)40/h5-18H,1-4H3. The first-order chi connectivity index (χ1) is 20.0. The van der Waals surface area contributed by atoms with Gasteiger partial charge in [-0.2, -0.15) is 0 Å². The summed E-state index contributed by atoms with van der Waals surface area (Å²) in [5.41, 5.74) is 9.85. The molecule has 0 N–H and O–H groups in total. The summed E-state index contributed by atoms with van der Waals surface area (Å²) < 4.78 is 4.24. The fourth-order valence-corrected chi connectivity index (χ4v) is 8.24. The van der Waals surface area contributed by atoms with Crippen LogP contribution in [-0.4, -0.2) is 0 Å². The summed E-state index contributed by atoms with van der Waals surface area (Å²) in [5, 5.41) is 10.0. The average molecular weight is 802 g/mol. The second-order valence-electron chi connectivity index (χ2n) is 11.4. The lowest BCUT2D eigenvalue weighted by Crippen LogP contribution is -1.90. The zero-order valence-corrected chi connectivity index (χ0v) is 29.9. The van der Waals surface area contributed by atoms with E-state index in [0.717, 1.165) is 40.1 Å². The van der Waals surface area contributed by atoms with Crippen molar-refractivity contribution in [2.45, 2.75) is 27.7 Å². The minimum Gasteiger partial charge on any atom is -0.0512 e. The lowest BCUT2D eigenvalue weighted by atomic mass is 9.94. The van der Waals surface area contributed by atoms with Gasteiger partial charge in [0, 0.05) is 17.9 Å². The molecule has 0 unspecified atom stereocenters. The van der Waals surface area contributed by atoms with E-state index in [1.54, 1.807) is 0 Å². The molecule has 4 heteroatoms. The van der Waals surface area contributed by atoms with Gasteiger partial charge >= 0.3 is 0 Å². The molecule has 206 valence electrons. The smallest absolute Gasteiger partial charge is 0.0261 e. The van der Waals surface area contributed by atoms with Crippen LogP contribution in [0.15, 0.2) is 103 Å². The molecule has 0 aromatic heterocycles. The van der Waals surface area contributed by atoms with Crippen molar-refractivity contribution in [1.29, 1.82) is 0 Å². The molecule has 0 saturated carbocycles. The lowest BCUT2D eigenvalue weighted by Gasteiger charge is -2.16. The van der Waals surface area contributed by atoms with Crippen LogP contribution in [0.2, 0.25) is 0 Å². The van der Waals surface area contributed by atoms with Crippen molar-refractivity contribution >= 4 is 107 Å². The maximum atomic E-state index is 3.94. The number of hydrogen-bond donors (Lipinski definition) is 0. The van der Waals surface area contributed by atoms with Crippen molar-refractivity contribution < 1.29 is 0 Å². The Kier molecular flexibility index (Phi) is 7.13. The maximum absolute atomic E-state index is 3.94. The number of hydrogen-bond acceptors (Lipinski definition) is 0. The van der Waals surface area contributed by atoms with Gasteiger partial charge in [0.15, 0.2) is 0 Å². The number of rotatable bonds is 2. The Hall–Kier alpha value is -2.50. The van der Waals surface area contributed by atoms with Crippen LogP contribution in [0.1, 0.15) is 22.3 Å². The fraction of sp³-hybridized carbons (Fsp3) is 0.105. The van der Waals surface area contributed by atoms with Gasteiger partial charge in [0.1, 0.15) is 0 Å². The van der Waals surface area contributed by atoms with E-state index < -0.39 is 0 Å². The normalized spacial score (nSPS) is 11.8. The molecule has 0 radical (unpaired) electrons. The minimum atomic E-state index is 1.05. The SMILES string of the molecule is Cc1cc2cc3cc(Br)c(-c4cc(Br)c(-c5cc6cc7cc(C)c(C)cc7cc6cc5Br)cc4Br)cc3cc2cc1C. The molecule has 7 aromatic rings. The van der Waals surface area contributed by atoms with Gasteiger partial charge in [-0.05, 0) is 176 Å². The van der Waals surface area contributed by atoms with Crippen LogP contribution in [0.5, 0.6) is 0 Å². The molecule has 0 atom stereocenters. The summed E-state index contributed by atoms with van der Waals surface area (Å²) in [6.45, 7) is 8.72. The van der Waals surface area contributed by atoms with Gasteiger partial charge in [-0.3, -0.25) is 0 Å². The number of halogens is 4. The highest BCUT2D eigenvalue weighted by molar-refractivity contribution is 9.11. The molecular formula is C38H26Br4.